The average Bonchev–Trinajstić information content (AvgIpc) is 2.86. The molecule has 0 saturated carbocycles. The molecule has 0 spiro atoms. The van der Waals surface area contributed by atoms with Crippen LogP contribution in [0.3, 0.4) is 0 Å². The van der Waals surface area contributed by atoms with Crippen molar-refractivity contribution in [1.82, 2.24) is 9.55 Å². The molecule has 2 N–H and O–H groups in total. The number of benzene rings is 2. The van der Waals surface area contributed by atoms with Gasteiger partial charge in [0.25, 0.3) is 0 Å². The van der Waals surface area contributed by atoms with E-state index in [0.29, 0.717) is 18.1 Å². The standard InChI is InChI=1S/C20H22FN3/c1-20(2,3)19-23-17(15-9-11-16(21)12-10-15)18(22)24(19)13-14-7-5-4-6-8-14/h4-12H,13,22H2,1-3H3. The smallest absolute Gasteiger partial charge is 0.132 e. The molecule has 1 aromatic heterocycles. The predicted octanol–water partition coefficient (Wildman–Crippen LogP) is 4.62. The molecule has 24 heavy (non-hydrogen) atoms. The summed E-state index contributed by atoms with van der Waals surface area (Å²) < 4.78 is 15.3. The molecule has 0 fully saturated rings. The number of imidazole rings is 1. The lowest BCUT2D eigenvalue weighted by Crippen LogP contribution is -2.20. The number of nitrogens with zero attached hydrogens (tertiary/aromatic N) is 2. The first-order valence-corrected chi connectivity index (χ1v) is 8.02. The number of nitrogen functional groups attached to an aromatic ring is 1. The summed E-state index contributed by atoms with van der Waals surface area (Å²) in [5, 5.41) is 0. The van der Waals surface area contributed by atoms with E-state index in [1.807, 2.05) is 22.8 Å². The molecule has 4 heteroatoms. The molecule has 0 amide bonds. The summed E-state index contributed by atoms with van der Waals surface area (Å²) in [6.45, 7) is 7.01. The normalized spacial score (nSPS) is 11.7. The Morgan fingerprint density at radius 2 is 1.62 bits per heavy atom. The van der Waals surface area contributed by atoms with Gasteiger partial charge < -0.3 is 10.3 Å². The van der Waals surface area contributed by atoms with Gasteiger partial charge in [-0.15, -0.1) is 0 Å². The minimum atomic E-state index is -0.267. The number of halogens is 1. The Hall–Kier alpha value is -2.62. The maximum atomic E-state index is 13.2. The molecule has 2 aromatic carbocycles. The summed E-state index contributed by atoms with van der Waals surface area (Å²) in [5.41, 5.74) is 8.97. The second kappa shape index (κ2) is 6.11. The van der Waals surface area contributed by atoms with Crippen LogP contribution in [0, 0.1) is 5.82 Å². The van der Waals surface area contributed by atoms with E-state index in [1.165, 1.54) is 12.1 Å². The van der Waals surface area contributed by atoms with Crippen LogP contribution >= 0.6 is 0 Å². The first-order chi connectivity index (χ1) is 11.4. The molecule has 3 aromatic rings. The van der Waals surface area contributed by atoms with Crippen molar-refractivity contribution in [3.63, 3.8) is 0 Å². The SMILES string of the molecule is CC(C)(C)c1nc(-c2ccc(F)cc2)c(N)n1Cc1ccccc1. The Bertz CT molecular complexity index is 828. The van der Waals surface area contributed by atoms with Gasteiger partial charge in [0.1, 0.15) is 23.2 Å². The van der Waals surface area contributed by atoms with E-state index in [4.69, 9.17) is 10.7 Å². The lowest BCUT2D eigenvalue weighted by atomic mass is 9.95. The van der Waals surface area contributed by atoms with Gasteiger partial charge in [0.15, 0.2) is 0 Å². The predicted molar refractivity (Wildman–Crippen MR) is 96.3 cm³/mol. The van der Waals surface area contributed by atoms with Crippen molar-refractivity contribution in [1.29, 1.82) is 0 Å². The summed E-state index contributed by atoms with van der Waals surface area (Å²) in [4.78, 5) is 4.79. The van der Waals surface area contributed by atoms with Crippen molar-refractivity contribution in [3.05, 3.63) is 71.8 Å². The van der Waals surface area contributed by atoms with Gasteiger partial charge >= 0.3 is 0 Å². The molecule has 3 rings (SSSR count). The molecule has 0 aliphatic rings. The molecule has 0 radical (unpaired) electrons. The molecule has 0 aliphatic heterocycles. The summed E-state index contributed by atoms with van der Waals surface area (Å²) in [6, 6.07) is 16.5. The number of hydrogen-bond acceptors (Lipinski definition) is 2. The zero-order valence-electron chi connectivity index (χ0n) is 14.3. The van der Waals surface area contributed by atoms with Crippen LogP contribution < -0.4 is 5.73 Å². The van der Waals surface area contributed by atoms with Gasteiger partial charge in [-0.2, -0.15) is 0 Å². The summed E-state index contributed by atoms with van der Waals surface area (Å²) in [6.07, 6.45) is 0. The zero-order valence-corrected chi connectivity index (χ0v) is 14.3. The Kier molecular flexibility index (Phi) is 4.14. The molecule has 0 atom stereocenters. The first-order valence-electron chi connectivity index (χ1n) is 8.02. The first kappa shape index (κ1) is 16.2. The third-order valence-corrected chi connectivity index (χ3v) is 3.98. The highest BCUT2D eigenvalue weighted by atomic mass is 19.1. The van der Waals surface area contributed by atoms with Crippen LogP contribution in [0.4, 0.5) is 10.2 Å². The van der Waals surface area contributed by atoms with Crippen LogP contribution in [-0.4, -0.2) is 9.55 Å². The fourth-order valence-electron chi connectivity index (χ4n) is 2.78. The number of hydrogen-bond donors (Lipinski definition) is 1. The Labute approximate surface area is 142 Å². The van der Waals surface area contributed by atoms with Crippen LogP contribution in [-0.2, 0) is 12.0 Å². The molecule has 0 bridgehead atoms. The Morgan fingerprint density at radius 1 is 1.00 bits per heavy atom. The van der Waals surface area contributed by atoms with E-state index in [2.05, 4.69) is 32.9 Å². The van der Waals surface area contributed by atoms with E-state index in [0.717, 1.165) is 17.0 Å². The van der Waals surface area contributed by atoms with Gasteiger partial charge in [-0.3, -0.25) is 0 Å². The lowest BCUT2D eigenvalue weighted by Gasteiger charge is -2.20. The average molecular weight is 323 g/mol. The second-order valence-electron chi connectivity index (χ2n) is 7.00. The van der Waals surface area contributed by atoms with Gasteiger partial charge in [-0.25, -0.2) is 9.37 Å². The van der Waals surface area contributed by atoms with Crippen molar-refractivity contribution in [3.8, 4) is 11.3 Å². The third kappa shape index (κ3) is 3.18. The monoisotopic (exact) mass is 323 g/mol. The van der Waals surface area contributed by atoms with Crippen molar-refractivity contribution in [2.24, 2.45) is 0 Å². The second-order valence-corrected chi connectivity index (χ2v) is 7.00. The van der Waals surface area contributed by atoms with E-state index < -0.39 is 0 Å². The van der Waals surface area contributed by atoms with Gasteiger partial charge in [0.05, 0.1) is 6.54 Å². The number of aromatic nitrogens is 2. The molecular weight excluding hydrogens is 301 g/mol. The highest BCUT2D eigenvalue weighted by Crippen LogP contribution is 2.32. The largest absolute Gasteiger partial charge is 0.383 e. The van der Waals surface area contributed by atoms with Crippen molar-refractivity contribution >= 4 is 5.82 Å². The van der Waals surface area contributed by atoms with Crippen molar-refractivity contribution < 1.29 is 4.39 Å². The molecule has 1 heterocycles. The van der Waals surface area contributed by atoms with Crippen LogP contribution in [0.1, 0.15) is 32.2 Å². The van der Waals surface area contributed by atoms with Crippen molar-refractivity contribution in [2.75, 3.05) is 5.73 Å². The van der Waals surface area contributed by atoms with E-state index >= 15 is 0 Å². The fourth-order valence-corrected chi connectivity index (χ4v) is 2.78. The quantitative estimate of drug-likeness (QED) is 0.764. The maximum absolute atomic E-state index is 13.2. The lowest BCUT2D eigenvalue weighted by molar-refractivity contribution is 0.513. The minimum absolute atomic E-state index is 0.152. The molecule has 0 aliphatic carbocycles. The molecule has 0 unspecified atom stereocenters. The number of rotatable bonds is 3. The zero-order chi connectivity index (χ0) is 17.3. The minimum Gasteiger partial charge on any atom is -0.383 e. The molecular formula is C20H22FN3. The third-order valence-electron chi connectivity index (χ3n) is 3.98. The maximum Gasteiger partial charge on any atom is 0.132 e. The summed E-state index contributed by atoms with van der Waals surface area (Å²) in [7, 11) is 0. The van der Waals surface area contributed by atoms with Gasteiger partial charge in [0.2, 0.25) is 0 Å². The van der Waals surface area contributed by atoms with Crippen LogP contribution in [0.5, 0.6) is 0 Å². The highest BCUT2D eigenvalue weighted by molar-refractivity contribution is 5.71. The van der Waals surface area contributed by atoms with E-state index in [1.54, 1.807) is 12.1 Å². The molecule has 124 valence electrons. The van der Waals surface area contributed by atoms with Gasteiger partial charge in [-0.05, 0) is 29.8 Å². The van der Waals surface area contributed by atoms with Gasteiger partial charge in [-0.1, -0.05) is 51.1 Å². The number of anilines is 1. The molecule has 3 nitrogen and oxygen atoms in total. The van der Waals surface area contributed by atoms with E-state index in [9.17, 15) is 4.39 Å². The Morgan fingerprint density at radius 3 is 2.21 bits per heavy atom. The van der Waals surface area contributed by atoms with E-state index in [-0.39, 0.29) is 11.2 Å². The highest BCUT2D eigenvalue weighted by Gasteiger charge is 2.25. The Balaban J connectivity index is 2.11. The molecule has 0 saturated heterocycles. The van der Waals surface area contributed by atoms with Gasteiger partial charge in [0, 0.05) is 11.0 Å². The van der Waals surface area contributed by atoms with Crippen LogP contribution in [0.2, 0.25) is 0 Å². The van der Waals surface area contributed by atoms with Crippen LogP contribution in [0.15, 0.2) is 54.6 Å². The topological polar surface area (TPSA) is 43.8 Å². The van der Waals surface area contributed by atoms with Crippen molar-refractivity contribution in [2.45, 2.75) is 32.7 Å². The number of nitrogens with two attached hydrogens (primary N) is 1. The fraction of sp³-hybridized carbons (Fsp3) is 0.250. The summed E-state index contributed by atoms with van der Waals surface area (Å²) in [5.74, 6) is 1.26. The summed E-state index contributed by atoms with van der Waals surface area (Å²) >= 11 is 0. The van der Waals surface area contributed by atoms with Crippen LogP contribution in [0.25, 0.3) is 11.3 Å².